The van der Waals surface area contributed by atoms with Crippen LogP contribution in [-0.4, -0.2) is 54.9 Å². The summed E-state index contributed by atoms with van der Waals surface area (Å²) in [5.41, 5.74) is 0.701. The first-order chi connectivity index (χ1) is 12.7. The number of carbonyl (C=O) groups excluding carboxylic acids is 1. The number of hydrogen-bond acceptors (Lipinski definition) is 6. The van der Waals surface area contributed by atoms with Crippen molar-refractivity contribution in [3.05, 3.63) is 30.3 Å². The lowest BCUT2D eigenvalue weighted by molar-refractivity contribution is -0.223. The second-order valence-electron chi connectivity index (χ2n) is 7.93. The van der Waals surface area contributed by atoms with E-state index >= 15 is 0 Å². The van der Waals surface area contributed by atoms with Crippen LogP contribution in [0.3, 0.4) is 0 Å². The number of nitrogens with one attached hydrogen (secondary N) is 2. The Hall–Kier alpha value is -1.71. The molecule has 148 valence electrons. The molecule has 0 bridgehead atoms. The molecule has 4 rings (SSSR count). The topological polar surface area (TPSA) is 87.3 Å². The van der Waals surface area contributed by atoms with Crippen molar-refractivity contribution in [3.63, 3.8) is 0 Å². The first kappa shape index (κ1) is 18.6. The predicted molar refractivity (Wildman–Crippen MR) is 96.0 cm³/mol. The molecule has 3 aliphatic heterocycles. The lowest BCUT2D eigenvalue weighted by Gasteiger charge is -2.29. The molecule has 3 saturated heterocycles. The maximum absolute atomic E-state index is 12.6. The molecule has 8 heteroatoms. The van der Waals surface area contributed by atoms with E-state index < -0.39 is 36.1 Å². The van der Waals surface area contributed by atoms with Gasteiger partial charge in [0.05, 0.1) is 12.6 Å². The van der Waals surface area contributed by atoms with E-state index in [1.54, 1.807) is 0 Å². The van der Waals surface area contributed by atoms with Gasteiger partial charge in [-0.15, -0.1) is 0 Å². The van der Waals surface area contributed by atoms with E-state index in [0.29, 0.717) is 12.3 Å². The summed E-state index contributed by atoms with van der Waals surface area (Å²) in [5, 5.41) is 5.80. The third-order valence-corrected chi connectivity index (χ3v) is 4.81. The van der Waals surface area contributed by atoms with Crippen LogP contribution in [0.1, 0.15) is 27.7 Å². The van der Waals surface area contributed by atoms with E-state index in [2.05, 4.69) is 10.6 Å². The molecule has 0 aromatic heterocycles. The first-order valence-corrected chi connectivity index (χ1v) is 9.18. The van der Waals surface area contributed by atoms with E-state index in [4.69, 9.17) is 23.7 Å². The van der Waals surface area contributed by atoms with Crippen LogP contribution in [0, 0.1) is 0 Å². The summed E-state index contributed by atoms with van der Waals surface area (Å²) in [4.78, 5) is 12.6. The SMILES string of the molecule is CC1(C)O[C@H]2O[C@H]([C@H]3COC(C)(C)O3)[C@H](NC(=O)Nc3ccccc3)[C@H]2O1. The minimum Gasteiger partial charge on any atom is -0.348 e. The average Bonchev–Trinajstić information content (AvgIpc) is 3.19. The highest BCUT2D eigenvalue weighted by atomic mass is 16.8. The molecule has 3 heterocycles. The van der Waals surface area contributed by atoms with Crippen LogP contribution in [0.25, 0.3) is 0 Å². The molecule has 1 aromatic carbocycles. The standard InChI is InChI=1S/C19H26N2O6/c1-18(2)23-10-12(25-18)14-13(15-16(24-14)27-19(3,4)26-15)21-17(22)20-11-8-6-5-7-9-11/h5-9,12-16H,10H2,1-4H3,(H2,20,21,22)/t12-,13+,14-,15-,16-/m1/s1. The third kappa shape index (κ3) is 3.95. The Kier molecular flexibility index (Phi) is 4.64. The number of hydrogen-bond donors (Lipinski definition) is 2. The number of anilines is 1. The molecule has 2 N–H and O–H groups in total. The second kappa shape index (κ2) is 6.72. The lowest BCUT2D eigenvalue weighted by atomic mass is 10.0. The fraction of sp³-hybridized carbons (Fsp3) is 0.632. The number of ether oxygens (including phenoxy) is 5. The Morgan fingerprint density at radius 3 is 2.41 bits per heavy atom. The summed E-state index contributed by atoms with van der Waals surface area (Å²) in [5.74, 6) is -1.47. The molecule has 0 aliphatic carbocycles. The summed E-state index contributed by atoms with van der Waals surface area (Å²) >= 11 is 0. The first-order valence-electron chi connectivity index (χ1n) is 9.18. The molecular weight excluding hydrogens is 352 g/mol. The van der Waals surface area contributed by atoms with Gasteiger partial charge in [-0.05, 0) is 39.8 Å². The summed E-state index contributed by atoms with van der Waals surface area (Å²) in [6.45, 7) is 7.72. The molecule has 27 heavy (non-hydrogen) atoms. The van der Waals surface area contributed by atoms with Gasteiger partial charge in [0.1, 0.15) is 18.3 Å². The van der Waals surface area contributed by atoms with E-state index in [-0.39, 0.29) is 12.1 Å². The van der Waals surface area contributed by atoms with Gasteiger partial charge >= 0.3 is 6.03 Å². The molecule has 5 atom stereocenters. The van der Waals surface area contributed by atoms with Crippen molar-refractivity contribution < 1.29 is 28.5 Å². The maximum Gasteiger partial charge on any atom is 0.319 e. The van der Waals surface area contributed by atoms with Crippen molar-refractivity contribution in [1.82, 2.24) is 5.32 Å². The molecule has 0 radical (unpaired) electrons. The number of fused-ring (bicyclic) bond motifs is 1. The van der Waals surface area contributed by atoms with Crippen LogP contribution in [0.15, 0.2) is 30.3 Å². The van der Waals surface area contributed by atoms with Gasteiger partial charge in [-0.25, -0.2) is 4.79 Å². The summed E-state index contributed by atoms with van der Waals surface area (Å²) in [7, 11) is 0. The van der Waals surface area contributed by atoms with E-state index in [1.165, 1.54) is 0 Å². The zero-order valence-corrected chi connectivity index (χ0v) is 15.9. The monoisotopic (exact) mass is 378 g/mol. The molecule has 3 fully saturated rings. The van der Waals surface area contributed by atoms with E-state index in [1.807, 2.05) is 58.0 Å². The fourth-order valence-electron chi connectivity index (χ4n) is 3.73. The Bertz CT molecular complexity index is 695. The number of benzene rings is 1. The Balaban J connectivity index is 1.49. The smallest absolute Gasteiger partial charge is 0.319 e. The minimum atomic E-state index is -0.775. The summed E-state index contributed by atoms with van der Waals surface area (Å²) in [6.07, 6.45) is -1.78. The lowest BCUT2D eigenvalue weighted by Crippen LogP contribution is -2.53. The van der Waals surface area contributed by atoms with Crippen LogP contribution in [0.4, 0.5) is 10.5 Å². The zero-order valence-electron chi connectivity index (χ0n) is 15.9. The second-order valence-corrected chi connectivity index (χ2v) is 7.93. The van der Waals surface area contributed by atoms with Crippen molar-refractivity contribution in [1.29, 1.82) is 0 Å². The number of amides is 2. The number of para-hydroxylation sites is 1. The van der Waals surface area contributed by atoms with Gasteiger partial charge in [0.15, 0.2) is 17.9 Å². The van der Waals surface area contributed by atoms with E-state index in [0.717, 1.165) is 0 Å². The van der Waals surface area contributed by atoms with Crippen molar-refractivity contribution >= 4 is 11.7 Å². The third-order valence-electron chi connectivity index (χ3n) is 4.81. The maximum atomic E-state index is 12.6. The van der Waals surface area contributed by atoms with Gasteiger partial charge in [0.2, 0.25) is 0 Å². The van der Waals surface area contributed by atoms with Crippen LogP contribution in [0.5, 0.6) is 0 Å². The van der Waals surface area contributed by atoms with Gasteiger partial charge < -0.3 is 34.3 Å². The van der Waals surface area contributed by atoms with Gasteiger partial charge in [-0.3, -0.25) is 0 Å². The molecule has 0 unspecified atom stereocenters. The number of carbonyl (C=O) groups is 1. The molecule has 2 amide bonds. The van der Waals surface area contributed by atoms with Crippen molar-refractivity contribution in [2.24, 2.45) is 0 Å². The largest absolute Gasteiger partial charge is 0.348 e. The highest BCUT2D eigenvalue weighted by Gasteiger charge is 2.58. The highest BCUT2D eigenvalue weighted by molar-refractivity contribution is 5.89. The van der Waals surface area contributed by atoms with E-state index in [9.17, 15) is 4.79 Å². The molecule has 3 aliphatic rings. The summed E-state index contributed by atoms with van der Waals surface area (Å²) in [6, 6.07) is 8.46. The van der Waals surface area contributed by atoms with Crippen LogP contribution in [0.2, 0.25) is 0 Å². The van der Waals surface area contributed by atoms with Crippen molar-refractivity contribution in [3.8, 4) is 0 Å². The summed E-state index contributed by atoms with van der Waals surface area (Å²) < 4.78 is 29.5. The average molecular weight is 378 g/mol. The molecule has 1 aromatic rings. The Morgan fingerprint density at radius 1 is 1.00 bits per heavy atom. The van der Waals surface area contributed by atoms with Crippen LogP contribution >= 0.6 is 0 Å². The van der Waals surface area contributed by atoms with Crippen LogP contribution in [-0.2, 0) is 23.7 Å². The number of urea groups is 1. The molecule has 0 saturated carbocycles. The Morgan fingerprint density at radius 2 is 1.74 bits per heavy atom. The molecule has 8 nitrogen and oxygen atoms in total. The molecular formula is C19H26N2O6. The number of rotatable bonds is 3. The van der Waals surface area contributed by atoms with Crippen LogP contribution < -0.4 is 10.6 Å². The van der Waals surface area contributed by atoms with Gasteiger partial charge in [0, 0.05) is 5.69 Å². The zero-order chi connectivity index (χ0) is 19.2. The van der Waals surface area contributed by atoms with Gasteiger partial charge in [-0.1, -0.05) is 18.2 Å². The normalized spacial score (nSPS) is 36.4. The Labute approximate surface area is 158 Å². The fourth-order valence-corrected chi connectivity index (χ4v) is 3.73. The van der Waals surface area contributed by atoms with Crippen molar-refractivity contribution in [2.45, 2.75) is 69.9 Å². The highest BCUT2D eigenvalue weighted by Crippen LogP contribution is 2.40. The van der Waals surface area contributed by atoms with Crippen molar-refractivity contribution in [2.75, 3.05) is 11.9 Å². The quantitative estimate of drug-likeness (QED) is 0.839. The minimum absolute atomic E-state index is 0.331. The van der Waals surface area contributed by atoms with Gasteiger partial charge in [0.25, 0.3) is 0 Å². The molecule has 0 spiro atoms. The van der Waals surface area contributed by atoms with Gasteiger partial charge in [-0.2, -0.15) is 0 Å². The predicted octanol–water partition coefficient (Wildman–Crippen LogP) is 2.20.